The third-order valence-corrected chi connectivity index (χ3v) is 5.17. The molecule has 0 aliphatic carbocycles. The first-order valence-electron chi connectivity index (χ1n) is 9.36. The van der Waals surface area contributed by atoms with Crippen molar-refractivity contribution in [2.24, 2.45) is 0 Å². The predicted octanol–water partition coefficient (Wildman–Crippen LogP) is 5.86. The number of nitrogens with zero attached hydrogens (tertiary/aromatic N) is 1. The van der Waals surface area contributed by atoms with Crippen LogP contribution < -0.4 is 10.2 Å². The minimum atomic E-state index is -0.0967. The minimum absolute atomic E-state index is 0.0967. The van der Waals surface area contributed by atoms with Gasteiger partial charge in [-0.1, -0.05) is 54.1 Å². The van der Waals surface area contributed by atoms with E-state index in [9.17, 15) is 4.79 Å². The summed E-state index contributed by atoms with van der Waals surface area (Å²) < 4.78 is 0. The van der Waals surface area contributed by atoms with Crippen molar-refractivity contribution in [3.63, 3.8) is 0 Å². The van der Waals surface area contributed by atoms with Gasteiger partial charge in [-0.05, 0) is 54.5 Å². The summed E-state index contributed by atoms with van der Waals surface area (Å²) in [6, 6.07) is 24.2. The van der Waals surface area contributed by atoms with E-state index in [0.717, 1.165) is 35.6 Å². The molecule has 1 amide bonds. The van der Waals surface area contributed by atoms with Crippen LogP contribution in [0.5, 0.6) is 0 Å². The van der Waals surface area contributed by atoms with Crippen LogP contribution in [0, 0.1) is 0 Å². The fraction of sp³-hybridized carbons (Fsp3) is 0.125. The molecule has 0 aromatic heterocycles. The molecule has 0 radical (unpaired) electrons. The quantitative estimate of drug-likeness (QED) is 0.555. The van der Waals surface area contributed by atoms with Gasteiger partial charge in [0.25, 0.3) is 5.91 Å². The van der Waals surface area contributed by atoms with Gasteiger partial charge in [0.2, 0.25) is 0 Å². The third kappa shape index (κ3) is 3.80. The number of halogens is 1. The van der Waals surface area contributed by atoms with Crippen molar-refractivity contribution >= 4 is 40.5 Å². The van der Waals surface area contributed by atoms with Gasteiger partial charge in [-0.3, -0.25) is 4.79 Å². The van der Waals surface area contributed by atoms with Gasteiger partial charge in [0.05, 0.1) is 0 Å². The van der Waals surface area contributed by atoms with E-state index in [1.165, 1.54) is 5.56 Å². The molecule has 3 aromatic carbocycles. The smallest absolute Gasteiger partial charge is 0.256 e. The lowest BCUT2D eigenvalue weighted by Crippen LogP contribution is -2.21. The largest absolute Gasteiger partial charge is 0.367 e. The van der Waals surface area contributed by atoms with Gasteiger partial charge in [-0.25, -0.2) is 0 Å². The van der Waals surface area contributed by atoms with Crippen LogP contribution in [-0.2, 0) is 11.3 Å². The normalized spacial score (nSPS) is 14.1. The fourth-order valence-electron chi connectivity index (χ4n) is 3.44. The van der Waals surface area contributed by atoms with E-state index in [4.69, 9.17) is 11.6 Å². The standard InChI is InChI=1S/C24H21ClN2O/c1-2-27(16-18-6-4-3-5-7-18)20-11-8-17(9-12-20)14-22-21-15-19(25)10-13-23(21)26-24(22)28/h3-15H,2,16H2,1H3,(H,26,28)/b22-14+. The summed E-state index contributed by atoms with van der Waals surface area (Å²) in [6.07, 6.45) is 1.91. The fourth-order valence-corrected chi connectivity index (χ4v) is 3.61. The number of carbonyl (C=O) groups excluding carboxylic acids is 1. The van der Waals surface area contributed by atoms with Crippen molar-refractivity contribution in [1.29, 1.82) is 0 Å². The van der Waals surface area contributed by atoms with Crippen molar-refractivity contribution in [2.45, 2.75) is 13.5 Å². The van der Waals surface area contributed by atoms with Crippen LogP contribution >= 0.6 is 11.6 Å². The van der Waals surface area contributed by atoms with E-state index >= 15 is 0 Å². The van der Waals surface area contributed by atoms with Crippen LogP contribution in [-0.4, -0.2) is 12.5 Å². The van der Waals surface area contributed by atoms with E-state index in [1.54, 1.807) is 6.07 Å². The number of nitrogens with one attached hydrogen (secondary N) is 1. The molecule has 4 rings (SSSR count). The Kier molecular flexibility index (Phi) is 5.18. The lowest BCUT2D eigenvalue weighted by Gasteiger charge is -2.23. The maximum atomic E-state index is 12.3. The maximum absolute atomic E-state index is 12.3. The summed E-state index contributed by atoms with van der Waals surface area (Å²) in [4.78, 5) is 14.7. The zero-order valence-corrected chi connectivity index (χ0v) is 16.4. The first-order valence-corrected chi connectivity index (χ1v) is 9.74. The van der Waals surface area contributed by atoms with Crippen LogP contribution in [0.1, 0.15) is 23.6 Å². The van der Waals surface area contributed by atoms with Gasteiger partial charge in [0, 0.05) is 40.6 Å². The molecule has 0 saturated heterocycles. The van der Waals surface area contributed by atoms with Crippen LogP contribution in [0.2, 0.25) is 5.02 Å². The third-order valence-electron chi connectivity index (χ3n) is 4.93. The molecule has 0 bridgehead atoms. The molecule has 0 saturated carbocycles. The molecule has 0 unspecified atom stereocenters. The van der Waals surface area contributed by atoms with E-state index < -0.39 is 0 Å². The number of fused-ring (bicyclic) bond motifs is 1. The Morgan fingerprint density at radius 3 is 2.46 bits per heavy atom. The predicted molar refractivity (Wildman–Crippen MR) is 118 cm³/mol. The Balaban J connectivity index is 1.58. The molecule has 0 spiro atoms. The van der Waals surface area contributed by atoms with Gasteiger partial charge < -0.3 is 10.2 Å². The van der Waals surface area contributed by atoms with Crippen LogP contribution in [0.3, 0.4) is 0 Å². The van der Waals surface area contributed by atoms with Crippen LogP contribution in [0.4, 0.5) is 11.4 Å². The lowest BCUT2D eigenvalue weighted by molar-refractivity contribution is -0.110. The van der Waals surface area contributed by atoms with E-state index in [1.807, 2.05) is 36.4 Å². The summed E-state index contributed by atoms with van der Waals surface area (Å²) in [5.74, 6) is -0.0967. The molecule has 1 N–H and O–H groups in total. The second kappa shape index (κ2) is 7.91. The molecule has 1 heterocycles. The van der Waals surface area contributed by atoms with Gasteiger partial charge in [-0.15, -0.1) is 0 Å². The number of hydrogen-bond acceptors (Lipinski definition) is 2. The Morgan fingerprint density at radius 2 is 1.75 bits per heavy atom. The van der Waals surface area contributed by atoms with Crippen molar-refractivity contribution in [3.05, 3.63) is 94.5 Å². The van der Waals surface area contributed by atoms with Gasteiger partial charge in [0.1, 0.15) is 0 Å². The van der Waals surface area contributed by atoms with Crippen molar-refractivity contribution in [1.82, 2.24) is 0 Å². The summed E-state index contributed by atoms with van der Waals surface area (Å²) in [7, 11) is 0. The van der Waals surface area contributed by atoms with Gasteiger partial charge in [-0.2, -0.15) is 0 Å². The number of benzene rings is 3. The molecule has 4 heteroatoms. The number of amides is 1. The molecule has 0 atom stereocenters. The van der Waals surface area contributed by atoms with Crippen molar-refractivity contribution < 1.29 is 4.79 Å². The SMILES string of the molecule is CCN(Cc1ccccc1)c1ccc(/C=C2/C(=O)Nc3ccc(Cl)cc32)cc1. The summed E-state index contributed by atoms with van der Waals surface area (Å²) in [5, 5.41) is 3.51. The summed E-state index contributed by atoms with van der Waals surface area (Å²) in [5.41, 5.74) is 5.72. The molecular weight excluding hydrogens is 368 g/mol. The van der Waals surface area contributed by atoms with Crippen molar-refractivity contribution in [2.75, 3.05) is 16.8 Å². The number of hydrogen-bond donors (Lipinski definition) is 1. The highest BCUT2D eigenvalue weighted by atomic mass is 35.5. The Labute approximate surface area is 170 Å². The zero-order valence-electron chi connectivity index (χ0n) is 15.7. The van der Waals surface area contributed by atoms with Crippen LogP contribution in [0.25, 0.3) is 11.6 Å². The Hall–Kier alpha value is -3.04. The van der Waals surface area contributed by atoms with E-state index in [0.29, 0.717) is 10.6 Å². The molecule has 3 aromatic rings. The average molecular weight is 389 g/mol. The molecule has 3 nitrogen and oxygen atoms in total. The second-order valence-corrected chi connectivity index (χ2v) is 7.23. The Morgan fingerprint density at radius 1 is 1.00 bits per heavy atom. The van der Waals surface area contributed by atoms with E-state index in [2.05, 4.69) is 53.5 Å². The Bertz CT molecular complexity index is 1030. The first kappa shape index (κ1) is 18.3. The monoisotopic (exact) mass is 388 g/mol. The molecule has 140 valence electrons. The highest BCUT2D eigenvalue weighted by Crippen LogP contribution is 2.35. The first-order chi connectivity index (χ1) is 13.6. The zero-order chi connectivity index (χ0) is 19.5. The van der Waals surface area contributed by atoms with Gasteiger partial charge in [0.15, 0.2) is 0 Å². The number of rotatable bonds is 5. The van der Waals surface area contributed by atoms with Crippen LogP contribution in [0.15, 0.2) is 72.8 Å². The van der Waals surface area contributed by atoms with Gasteiger partial charge >= 0.3 is 0 Å². The number of anilines is 2. The van der Waals surface area contributed by atoms with Crippen molar-refractivity contribution in [3.8, 4) is 0 Å². The average Bonchev–Trinajstić information content (AvgIpc) is 3.02. The summed E-state index contributed by atoms with van der Waals surface area (Å²) in [6.45, 7) is 3.94. The molecular formula is C24H21ClN2O. The number of carbonyl (C=O) groups is 1. The highest BCUT2D eigenvalue weighted by Gasteiger charge is 2.24. The second-order valence-electron chi connectivity index (χ2n) is 6.79. The minimum Gasteiger partial charge on any atom is -0.367 e. The van der Waals surface area contributed by atoms with E-state index in [-0.39, 0.29) is 5.91 Å². The molecule has 1 aliphatic rings. The highest BCUT2D eigenvalue weighted by molar-refractivity contribution is 6.36. The molecule has 1 aliphatic heterocycles. The maximum Gasteiger partial charge on any atom is 0.256 e. The molecule has 0 fully saturated rings. The lowest BCUT2D eigenvalue weighted by atomic mass is 10.0. The topological polar surface area (TPSA) is 32.3 Å². The summed E-state index contributed by atoms with van der Waals surface area (Å²) >= 11 is 6.11. The molecule has 28 heavy (non-hydrogen) atoms.